The van der Waals surface area contributed by atoms with Gasteiger partial charge in [-0.15, -0.1) is 0 Å². The Morgan fingerprint density at radius 2 is 2.12 bits per heavy atom. The Labute approximate surface area is 94.1 Å². The lowest BCUT2D eigenvalue weighted by Gasteiger charge is -2.27. The number of hydrogen-bond acceptors (Lipinski definition) is 2. The first-order chi connectivity index (χ1) is 7.34. The van der Waals surface area contributed by atoms with Crippen molar-refractivity contribution in [1.29, 1.82) is 0 Å². The number of nitrogens with zero attached hydrogens (tertiary/aromatic N) is 1. The van der Waals surface area contributed by atoms with Gasteiger partial charge in [-0.25, -0.2) is 0 Å². The molecule has 0 aliphatic carbocycles. The van der Waals surface area contributed by atoms with Crippen LogP contribution < -0.4 is 4.90 Å². The van der Waals surface area contributed by atoms with E-state index in [1.165, 1.54) is 4.90 Å². The molecule has 0 aliphatic heterocycles. The van der Waals surface area contributed by atoms with Crippen LogP contribution in [0.3, 0.4) is 0 Å². The van der Waals surface area contributed by atoms with Gasteiger partial charge in [-0.2, -0.15) is 0 Å². The van der Waals surface area contributed by atoms with Crippen molar-refractivity contribution in [3.05, 3.63) is 18.3 Å². The van der Waals surface area contributed by atoms with Crippen molar-refractivity contribution in [1.82, 2.24) is 4.98 Å². The van der Waals surface area contributed by atoms with Crippen molar-refractivity contribution in [3.63, 3.8) is 0 Å². The van der Waals surface area contributed by atoms with Crippen LogP contribution in [0, 0.1) is 5.41 Å². The van der Waals surface area contributed by atoms with Crippen LogP contribution in [0.25, 0.3) is 0 Å². The highest BCUT2D eigenvalue weighted by Crippen LogP contribution is 2.25. The van der Waals surface area contributed by atoms with Crippen molar-refractivity contribution >= 4 is 17.7 Å². The average Bonchev–Trinajstić information content (AvgIpc) is 2.66. The van der Waals surface area contributed by atoms with E-state index < -0.39 is 11.4 Å². The highest BCUT2D eigenvalue weighted by molar-refractivity contribution is 5.97. The number of amides is 1. The number of carboxylic acid groups (broad SMARTS) is 1. The third kappa shape index (κ3) is 2.62. The van der Waals surface area contributed by atoms with Crippen molar-refractivity contribution in [2.24, 2.45) is 5.41 Å². The first-order valence-corrected chi connectivity index (χ1v) is 4.98. The molecule has 0 saturated carbocycles. The largest absolute Gasteiger partial charge is 0.481 e. The maximum Gasteiger partial charge on any atom is 0.304 e. The third-order valence-electron chi connectivity index (χ3n) is 2.42. The molecular weight excluding hydrogens is 208 g/mol. The summed E-state index contributed by atoms with van der Waals surface area (Å²) < 4.78 is 0. The van der Waals surface area contributed by atoms with Gasteiger partial charge in [-0.05, 0) is 12.1 Å². The predicted molar refractivity (Wildman–Crippen MR) is 60.2 cm³/mol. The first kappa shape index (κ1) is 12.3. The summed E-state index contributed by atoms with van der Waals surface area (Å²) in [6.45, 7) is 3.26. The lowest BCUT2D eigenvalue weighted by atomic mass is 9.88. The van der Waals surface area contributed by atoms with Crippen LogP contribution in [-0.2, 0) is 9.59 Å². The normalized spacial score (nSPS) is 11.2. The Balaban J connectivity index is 2.81. The van der Waals surface area contributed by atoms with E-state index in [-0.39, 0.29) is 12.3 Å². The van der Waals surface area contributed by atoms with E-state index in [9.17, 15) is 9.59 Å². The van der Waals surface area contributed by atoms with Gasteiger partial charge in [0.15, 0.2) is 0 Å². The quantitative estimate of drug-likeness (QED) is 0.813. The van der Waals surface area contributed by atoms with E-state index in [1.54, 1.807) is 39.2 Å². The zero-order valence-corrected chi connectivity index (χ0v) is 9.65. The number of nitrogens with one attached hydrogen (secondary N) is 1. The number of aliphatic carboxylic acids is 1. The highest BCUT2D eigenvalue weighted by Gasteiger charge is 2.33. The number of carbonyl (C=O) groups is 2. The zero-order chi connectivity index (χ0) is 12.3. The van der Waals surface area contributed by atoms with Crippen molar-refractivity contribution in [2.45, 2.75) is 20.3 Å². The second kappa shape index (κ2) is 4.38. The second-order valence-corrected chi connectivity index (χ2v) is 4.37. The van der Waals surface area contributed by atoms with Gasteiger partial charge < -0.3 is 15.0 Å². The molecule has 1 heterocycles. The lowest BCUT2D eigenvalue weighted by molar-refractivity contribution is -0.143. The summed E-state index contributed by atoms with van der Waals surface area (Å²) in [5, 5.41) is 8.73. The van der Waals surface area contributed by atoms with Gasteiger partial charge in [-0.1, -0.05) is 13.8 Å². The SMILES string of the molecule is CN(C(=O)C(C)(C)CC(=O)O)c1ccc[nH]1. The summed E-state index contributed by atoms with van der Waals surface area (Å²) in [4.78, 5) is 27.0. The van der Waals surface area contributed by atoms with E-state index in [0.717, 1.165) is 0 Å². The van der Waals surface area contributed by atoms with Crippen LogP contribution in [0.1, 0.15) is 20.3 Å². The van der Waals surface area contributed by atoms with E-state index in [2.05, 4.69) is 4.98 Å². The molecule has 2 N–H and O–H groups in total. The minimum absolute atomic E-state index is 0.184. The van der Waals surface area contributed by atoms with Crippen LogP contribution >= 0.6 is 0 Å². The molecule has 0 bridgehead atoms. The first-order valence-electron chi connectivity index (χ1n) is 4.98. The topological polar surface area (TPSA) is 73.4 Å². The Bertz CT molecular complexity index is 382. The molecule has 5 heteroatoms. The van der Waals surface area contributed by atoms with Gasteiger partial charge in [0.25, 0.3) is 0 Å². The molecule has 0 radical (unpaired) electrons. The molecule has 1 aromatic heterocycles. The molecular formula is C11H16N2O3. The van der Waals surface area contributed by atoms with Gasteiger partial charge in [0, 0.05) is 13.2 Å². The number of rotatable bonds is 4. The number of carbonyl (C=O) groups excluding carboxylic acids is 1. The second-order valence-electron chi connectivity index (χ2n) is 4.37. The fourth-order valence-corrected chi connectivity index (χ4v) is 1.55. The van der Waals surface area contributed by atoms with Crippen LogP contribution in [0.15, 0.2) is 18.3 Å². The molecule has 16 heavy (non-hydrogen) atoms. The van der Waals surface area contributed by atoms with Crippen LogP contribution in [0.5, 0.6) is 0 Å². The van der Waals surface area contributed by atoms with Crippen LogP contribution in [0.4, 0.5) is 5.82 Å². The molecule has 0 aromatic carbocycles. The number of H-pyrrole nitrogens is 1. The summed E-state index contributed by atoms with van der Waals surface area (Å²) in [6.07, 6.45) is 1.53. The zero-order valence-electron chi connectivity index (χ0n) is 9.65. The monoisotopic (exact) mass is 224 g/mol. The molecule has 5 nitrogen and oxygen atoms in total. The standard InChI is InChI=1S/C11H16N2O3/c1-11(2,7-9(14)15)10(16)13(3)8-5-4-6-12-8/h4-6,12H,7H2,1-3H3,(H,14,15). The minimum atomic E-state index is -0.974. The van der Waals surface area contributed by atoms with E-state index in [0.29, 0.717) is 5.82 Å². The molecule has 0 atom stereocenters. The van der Waals surface area contributed by atoms with E-state index in [4.69, 9.17) is 5.11 Å². The maximum atomic E-state index is 12.0. The molecule has 1 aromatic rings. The summed E-state index contributed by atoms with van der Waals surface area (Å²) in [5.74, 6) is -0.543. The maximum absolute atomic E-state index is 12.0. The molecule has 1 rings (SSSR count). The van der Waals surface area contributed by atoms with Crippen LogP contribution in [0.2, 0.25) is 0 Å². The van der Waals surface area contributed by atoms with E-state index >= 15 is 0 Å². The minimum Gasteiger partial charge on any atom is -0.481 e. The summed E-state index contributed by atoms with van der Waals surface area (Å²) in [5.41, 5.74) is -0.911. The number of hydrogen-bond donors (Lipinski definition) is 2. The van der Waals surface area contributed by atoms with Crippen molar-refractivity contribution in [3.8, 4) is 0 Å². The Kier molecular flexibility index (Phi) is 3.37. The number of aromatic nitrogens is 1. The number of aromatic amines is 1. The van der Waals surface area contributed by atoms with E-state index in [1.807, 2.05) is 0 Å². The third-order valence-corrected chi connectivity index (χ3v) is 2.42. The lowest BCUT2D eigenvalue weighted by Crippen LogP contribution is -2.40. The van der Waals surface area contributed by atoms with Crippen LogP contribution in [-0.4, -0.2) is 29.0 Å². The highest BCUT2D eigenvalue weighted by atomic mass is 16.4. The molecule has 0 unspecified atom stereocenters. The van der Waals surface area contributed by atoms with Crippen molar-refractivity contribution < 1.29 is 14.7 Å². The molecule has 1 amide bonds. The van der Waals surface area contributed by atoms with Gasteiger partial charge in [-0.3, -0.25) is 9.59 Å². The Morgan fingerprint density at radius 1 is 1.50 bits per heavy atom. The molecule has 88 valence electrons. The fourth-order valence-electron chi connectivity index (χ4n) is 1.55. The number of anilines is 1. The van der Waals surface area contributed by atoms with Gasteiger partial charge in [0.1, 0.15) is 5.82 Å². The molecule has 0 fully saturated rings. The summed E-state index contributed by atoms with van der Waals surface area (Å²) in [6, 6.07) is 3.54. The van der Waals surface area contributed by atoms with Gasteiger partial charge in [0.2, 0.25) is 5.91 Å². The predicted octanol–water partition coefficient (Wildman–Crippen LogP) is 1.48. The summed E-state index contributed by atoms with van der Waals surface area (Å²) >= 11 is 0. The fraction of sp³-hybridized carbons (Fsp3) is 0.455. The number of carboxylic acids is 1. The summed E-state index contributed by atoms with van der Waals surface area (Å²) in [7, 11) is 1.62. The molecule has 0 saturated heterocycles. The Morgan fingerprint density at radius 3 is 2.56 bits per heavy atom. The Hall–Kier alpha value is -1.78. The molecule has 0 spiro atoms. The smallest absolute Gasteiger partial charge is 0.304 e. The average molecular weight is 224 g/mol. The van der Waals surface area contributed by atoms with Gasteiger partial charge in [0.05, 0.1) is 11.8 Å². The molecule has 0 aliphatic rings. The van der Waals surface area contributed by atoms with Gasteiger partial charge >= 0.3 is 5.97 Å². The van der Waals surface area contributed by atoms with Crippen molar-refractivity contribution in [2.75, 3.05) is 11.9 Å².